The van der Waals surface area contributed by atoms with E-state index in [9.17, 15) is 38.0 Å². The van der Waals surface area contributed by atoms with Gasteiger partial charge in [0.15, 0.2) is 0 Å². The quantitative estimate of drug-likeness (QED) is 0.128. The maximum Gasteiger partial charge on any atom is 0.513 e. The molecular formula is C24H29F3N2O8. The van der Waals surface area contributed by atoms with Gasteiger partial charge in [-0.05, 0) is 32.3 Å². The largest absolute Gasteiger partial charge is 0.513 e. The molecule has 1 aliphatic rings. The van der Waals surface area contributed by atoms with Gasteiger partial charge in [0.25, 0.3) is 5.69 Å². The molecule has 2 rings (SSSR count). The lowest BCUT2D eigenvalue weighted by molar-refractivity contribution is -0.384. The molecule has 37 heavy (non-hydrogen) atoms. The Hall–Kier alpha value is -3.77. The van der Waals surface area contributed by atoms with Crippen LogP contribution in [0.2, 0.25) is 0 Å². The summed E-state index contributed by atoms with van der Waals surface area (Å²) in [5.74, 6) is -1.24. The molecule has 1 aromatic rings. The molecule has 0 aromatic heterocycles. The normalized spacial score (nSPS) is 15.8. The molecule has 0 bridgehead atoms. The molecule has 0 saturated carbocycles. The number of rotatable bonds is 12. The third kappa shape index (κ3) is 9.66. The standard InChI is InChI=1S/C24H29F3N2O8/c1-15-20(36-22(30)31)19(17-10-9-11-18(14-17)29(33)34)21(16(2)28-15)37-23(32)35-13-8-6-4-3-5-7-12-24(25,26)27/h9-11,14,19,28H,3-8,12-13H2,1-2H3,(H,30,31). The third-order valence-corrected chi connectivity index (χ3v) is 5.52. The lowest BCUT2D eigenvalue weighted by atomic mass is 9.90. The van der Waals surface area contributed by atoms with E-state index in [-0.39, 0.29) is 35.8 Å². The first-order chi connectivity index (χ1) is 17.4. The number of hydrogen-bond acceptors (Lipinski definition) is 8. The fraction of sp³-hybridized carbons (Fsp3) is 0.500. The zero-order valence-electron chi connectivity index (χ0n) is 20.4. The minimum Gasteiger partial charge on any atom is -0.449 e. The number of nitro benzene ring substituents is 1. The van der Waals surface area contributed by atoms with Gasteiger partial charge in [0.2, 0.25) is 0 Å². The second-order valence-electron chi connectivity index (χ2n) is 8.44. The summed E-state index contributed by atoms with van der Waals surface area (Å²) >= 11 is 0. The van der Waals surface area contributed by atoms with Crippen molar-refractivity contribution in [2.24, 2.45) is 0 Å². The molecule has 1 aliphatic heterocycles. The number of hydrogen-bond donors (Lipinski definition) is 2. The molecule has 2 N–H and O–H groups in total. The topological polar surface area (TPSA) is 137 Å². The van der Waals surface area contributed by atoms with E-state index in [4.69, 9.17) is 14.2 Å². The third-order valence-electron chi connectivity index (χ3n) is 5.52. The van der Waals surface area contributed by atoms with Crippen molar-refractivity contribution in [2.75, 3.05) is 6.61 Å². The Balaban J connectivity index is 2.00. The molecule has 0 fully saturated rings. The van der Waals surface area contributed by atoms with E-state index in [1.54, 1.807) is 13.8 Å². The van der Waals surface area contributed by atoms with Gasteiger partial charge in [0.05, 0.1) is 22.9 Å². The van der Waals surface area contributed by atoms with Crippen LogP contribution >= 0.6 is 0 Å². The second-order valence-corrected chi connectivity index (χ2v) is 8.44. The van der Waals surface area contributed by atoms with Crippen molar-refractivity contribution in [2.45, 2.75) is 70.9 Å². The molecule has 13 heteroatoms. The molecule has 1 unspecified atom stereocenters. The van der Waals surface area contributed by atoms with E-state index in [0.717, 1.165) is 0 Å². The number of non-ortho nitro benzene ring substituents is 1. The molecule has 1 atom stereocenters. The Bertz CT molecular complexity index is 1050. The molecule has 0 spiro atoms. The number of carbonyl (C=O) groups is 2. The van der Waals surface area contributed by atoms with Gasteiger partial charge in [-0.15, -0.1) is 0 Å². The number of allylic oxidation sites excluding steroid dienone is 2. The number of alkyl halides is 3. The summed E-state index contributed by atoms with van der Waals surface area (Å²) in [6, 6.07) is 5.42. The number of unbranched alkanes of at least 4 members (excludes halogenated alkanes) is 5. The zero-order valence-corrected chi connectivity index (χ0v) is 20.4. The van der Waals surface area contributed by atoms with Crippen LogP contribution in [-0.2, 0) is 14.2 Å². The predicted molar refractivity (Wildman–Crippen MR) is 124 cm³/mol. The fourth-order valence-corrected chi connectivity index (χ4v) is 3.85. The van der Waals surface area contributed by atoms with E-state index >= 15 is 0 Å². The summed E-state index contributed by atoms with van der Waals surface area (Å²) in [4.78, 5) is 34.4. The van der Waals surface area contributed by atoms with Crippen LogP contribution in [0.3, 0.4) is 0 Å². The first-order valence-electron chi connectivity index (χ1n) is 11.6. The van der Waals surface area contributed by atoms with Crippen LogP contribution in [-0.4, -0.2) is 35.1 Å². The number of carbonyl (C=O) groups excluding carboxylic acids is 1. The molecule has 10 nitrogen and oxygen atoms in total. The van der Waals surface area contributed by atoms with E-state index < -0.39 is 35.7 Å². The van der Waals surface area contributed by atoms with E-state index in [2.05, 4.69) is 5.32 Å². The number of carboxylic acid groups (broad SMARTS) is 1. The Labute approximate surface area is 211 Å². The van der Waals surface area contributed by atoms with Gasteiger partial charge in [-0.2, -0.15) is 13.2 Å². The Morgan fingerprint density at radius 2 is 1.62 bits per heavy atom. The average molecular weight is 530 g/mol. The van der Waals surface area contributed by atoms with E-state index in [1.165, 1.54) is 24.3 Å². The maximum absolute atomic E-state index is 12.4. The van der Waals surface area contributed by atoms with Crippen LogP contribution in [0.1, 0.15) is 70.3 Å². The Kier molecular flexibility index (Phi) is 10.8. The summed E-state index contributed by atoms with van der Waals surface area (Å²) in [5.41, 5.74) is 0.676. The van der Waals surface area contributed by atoms with Crippen LogP contribution in [0.25, 0.3) is 0 Å². The second kappa shape index (κ2) is 13.5. The van der Waals surface area contributed by atoms with Crippen LogP contribution in [0.5, 0.6) is 0 Å². The summed E-state index contributed by atoms with van der Waals surface area (Å²) in [6.07, 6.45) is -4.60. The van der Waals surface area contributed by atoms with Gasteiger partial charge in [0.1, 0.15) is 17.4 Å². The summed E-state index contributed by atoms with van der Waals surface area (Å²) in [7, 11) is 0. The minimum atomic E-state index is -4.14. The van der Waals surface area contributed by atoms with Gasteiger partial charge in [-0.25, -0.2) is 9.59 Å². The van der Waals surface area contributed by atoms with Crippen molar-refractivity contribution in [3.05, 3.63) is 62.9 Å². The van der Waals surface area contributed by atoms with Crippen molar-refractivity contribution < 1.29 is 47.0 Å². The molecule has 0 amide bonds. The highest BCUT2D eigenvalue weighted by molar-refractivity contribution is 5.64. The summed E-state index contributed by atoms with van der Waals surface area (Å²) in [6.45, 7) is 3.13. The monoisotopic (exact) mass is 530 g/mol. The van der Waals surface area contributed by atoms with Crippen LogP contribution in [0, 0.1) is 10.1 Å². The average Bonchev–Trinajstić information content (AvgIpc) is 2.80. The number of nitrogens with zero attached hydrogens (tertiary/aromatic N) is 1. The SMILES string of the molecule is CC1=C(OC(=O)O)C(c2cccc([N+](=O)[O-])c2)C(OC(=O)OCCCCCCCCC(F)(F)F)=C(C)N1. The number of benzene rings is 1. The van der Waals surface area contributed by atoms with Gasteiger partial charge in [0, 0.05) is 18.6 Å². The maximum atomic E-state index is 12.4. The Morgan fingerprint density at radius 1 is 1.03 bits per heavy atom. The lowest BCUT2D eigenvalue weighted by Crippen LogP contribution is -2.29. The number of dihydropyridines is 1. The van der Waals surface area contributed by atoms with Crippen molar-refractivity contribution >= 4 is 18.0 Å². The molecule has 1 heterocycles. The highest BCUT2D eigenvalue weighted by Crippen LogP contribution is 2.40. The molecule has 0 saturated heterocycles. The van der Waals surface area contributed by atoms with Crippen molar-refractivity contribution in [1.82, 2.24) is 5.32 Å². The molecule has 204 valence electrons. The zero-order chi connectivity index (χ0) is 27.6. The predicted octanol–water partition coefficient (Wildman–Crippen LogP) is 6.89. The van der Waals surface area contributed by atoms with Gasteiger partial charge in [-0.1, -0.05) is 37.8 Å². The number of nitrogens with one attached hydrogen (secondary N) is 1. The molecule has 0 aliphatic carbocycles. The van der Waals surface area contributed by atoms with Crippen LogP contribution < -0.4 is 5.32 Å². The molecule has 0 radical (unpaired) electrons. The van der Waals surface area contributed by atoms with Crippen molar-refractivity contribution in [1.29, 1.82) is 0 Å². The molecular weight excluding hydrogens is 501 g/mol. The van der Waals surface area contributed by atoms with Gasteiger partial charge in [-0.3, -0.25) is 10.1 Å². The number of ether oxygens (including phenoxy) is 3. The smallest absolute Gasteiger partial charge is 0.449 e. The van der Waals surface area contributed by atoms with E-state index in [0.29, 0.717) is 43.5 Å². The first kappa shape index (κ1) is 29.5. The van der Waals surface area contributed by atoms with Crippen LogP contribution in [0.4, 0.5) is 28.4 Å². The van der Waals surface area contributed by atoms with Crippen molar-refractivity contribution in [3.63, 3.8) is 0 Å². The van der Waals surface area contributed by atoms with Crippen molar-refractivity contribution in [3.8, 4) is 0 Å². The highest BCUT2D eigenvalue weighted by Gasteiger charge is 2.36. The summed E-state index contributed by atoms with van der Waals surface area (Å²) in [5, 5.41) is 23.3. The Morgan fingerprint density at radius 3 is 2.22 bits per heavy atom. The van der Waals surface area contributed by atoms with Gasteiger partial charge >= 0.3 is 18.5 Å². The number of halogens is 3. The van der Waals surface area contributed by atoms with E-state index in [1.807, 2.05) is 0 Å². The van der Waals surface area contributed by atoms with Gasteiger partial charge < -0.3 is 24.6 Å². The first-order valence-corrected chi connectivity index (χ1v) is 11.6. The minimum absolute atomic E-state index is 0.00989. The summed E-state index contributed by atoms with van der Waals surface area (Å²) < 4.78 is 51.8. The number of nitro groups is 1. The lowest BCUT2D eigenvalue weighted by Gasteiger charge is -2.29. The molecule has 1 aromatic carbocycles. The highest BCUT2D eigenvalue weighted by atomic mass is 19.4. The van der Waals surface area contributed by atoms with Crippen LogP contribution in [0.15, 0.2) is 47.2 Å². The fourth-order valence-electron chi connectivity index (χ4n) is 3.85.